The second-order valence-electron chi connectivity index (χ2n) is 5.75. The third kappa shape index (κ3) is 5.25. The Bertz CT molecular complexity index is 521. The van der Waals surface area contributed by atoms with Gasteiger partial charge < -0.3 is 5.32 Å². The van der Waals surface area contributed by atoms with Crippen LogP contribution in [0, 0.1) is 5.41 Å². The van der Waals surface area contributed by atoms with Crippen LogP contribution in [0.3, 0.4) is 0 Å². The number of benzene rings is 1. The third-order valence-corrected chi connectivity index (χ3v) is 2.76. The Kier molecular flexibility index (Phi) is 5.46. The van der Waals surface area contributed by atoms with Crippen molar-refractivity contribution in [3.8, 4) is 0 Å². The van der Waals surface area contributed by atoms with Crippen LogP contribution >= 0.6 is 0 Å². The number of hydrazine groups is 1. The Hall–Kier alpha value is -2.37. The number of nitrogens with one attached hydrogen (secondary N) is 3. The van der Waals surface area contributed by atoms with Crippen molar-refractivity contribution in [3.05, 3.63) is 35.9 Å². The van der Waals surface area contributed by atoms with E-state index in [0.717, 1.165) is 0 Å². The van der Waals surface area contributed by atoms with E-state index in [1.165, 1.54) is 0 Å². The molecule has 1 unspecified atom stereocenters. The van der Waals surface area contributed by atoms with Crippen LogP contribution in [-0.2, 0) is 9.59 Å². The molecule has 0 bridgehead atoms. The molecule has 0 radical (unpaired) electrons. The minimum absolute atomic E-state index is 0.237. The number of carbonyl (C=O) groups is 3. The van der Waals surface area contributed by atoms with Gasteiger partial charge >= 0.3 is 0 Å². The molecule has 3 N–H and O–H groups in total. The molecule has 1 aromatic rings. The lowest BCUT2D eigenvalue weighted by molar-refractivity contribution is -0.133. The summed E-state index contributed by atoms with van der Waals surface area (Å²) in [5.41, 5.74) is 4.44. The van der Waals surface area contributed by atoms with Crippen LogP contribution in [0.4, 0.5) is 0 Å². The largest absolute Gasteiger partial charge is 0.344 e. The molecule has 0 fully saturated rings. The summed E-state index contributed by atoms with van der Waals surface area (Å²) in [4.78, 5) is 35.3. The lowest BCUT2D eigenvalue weighted by Gasteiger charge is -2.21. The van der Waals surface area contributed by atoms with Gasteiger partial charge in [-0.15, -0.1) is 0 Å². The predicted octanol–water partition coefficient (Wildman–Crippen LogP) is 0.998. The molecule has 0 aromatic heterocycles. The van der Waals surface area contributed by atoms with Gasteiger partial charge in [-0.1, -0.05) is 39.0 Å². The van der Waals surface area contributed by atoms with Crippen molar-refractivity contribution in [2.75, 3.05) is 0 Å². The molecule has 0 aliphatic carbocycles. The van der Waals surface area contributed by atoms with Crippen molar-refractivity contribution in [1.29, 1.82) is 0 Å². The second kappa shape index (κ2) is 6.88. The summed E-state index contributed by atoms with van der Waals surface area (Å²) in [6.45, 7) is 6.81. The Morgan fingerprint density at radius 3 is 2.10 bits per heavy atom. The molecular weight excluding hydrogens is 270 g/mol. The molecule has 1 rings (SSSR count). The van der Waals surface area contributed by atoms with Gasteiger partial charge in [-0.3, -0.25) is 25.2 Å². The number of amides is 3. The van der Waals surface area contributed by atoms with E-state index < -0.39 is 23.3 Å². The molecule has 6 nitrogen and oxygen atoms in total. The Labute approximate surface area is 124 Å². The van der Waals surface area contributed by atoms with Crippen molar-refractivity contribution in [3.63, 3.8) is 0 Å². The molecule has 6 heteroatoms. The molecule has 0 heterocycles. The van der Waals surface area contributed by atoms with Gasteiger partial charge in [0.05, 0.1) is 0 Å². The fourth-order valence-electron chi connectivity index (χ4n) is 1.37. The first-order valence-electron chi connectivity index (χ1n) is 6.68. The zero-order valence-electron chi connectivity index (χ0n) is 12.7. The maximum atomic E-state index is 11.8. The van der Waals surface area contributed by atoms with E-state index in [2.05, 4.69) is 16.2 Å². The van der Waals surface area contributed by atoms with Gasteiger partial charge in [0.15, 0.2) is 0 Å². The summed E-state index contributed by atoms with van der Waals surface area (Å²) < 4.78 is 0. The van der Waals surface area contributed by atoms with Crippen LogP contribution in [0.1, 0.15) is 38.1 Å². The summed E-state index contributed by atoms with van der Waals surface area (Å²) in [6, 6.07) is 7.76. The quantitative estimate of drug-likeness (QED) is 0.726. The summed E-state index contributed by atoms with van der Waals surface area (Å²) in [5, 5.41) is 2.58. The zero-order valence-corrected chi connectivity index (χ0v) is 12.7. The van der Waals surface area contributed by atoms with Gasteiger partial charge in [-0.05, 0) is 19.1 Å². The van der Waals surface area contributed by atoms with Crippen LogP contribution in [0.5, 0.6) is 0 Å². The molecule has 0 aliphatic heterocycles. The number of hydrogen-bond acceptors (Lipinski definition) is 3. The third-order valence-electron chi connectivity index (χ3n) is 2.76. The normalized spacial score (nSPS) is 12.2. The molecular formula is C15H21N3O3. The maximum absolute atomic E-state index is 11.8. The lowest BCUT2D eigenvalue weighted by Crippen LogP contribution is -2.52. The topological polar surface area (TPSA) is 87.3 Å². The van der Waals surface area contributed by atoms with Gasteiger partial charge in [0, 0.05) is 11.0 Å². The van der Waals surface area contributed by atoms with E-state index in [0.29, 0.717) is 5.56 Å². The molecule has 0 aliphatic rings. The number of hydrogen-bond donors (Lipinski definition) is 3. The zero-order chi connectivity index (χ0) is 16.0. The summed E-state index contributed by atoms with van der Waals surface area (Å²) >= 11 is 0. The average Bonchev–Trinajstić information content (AvgIpc) is 2.44. The summed E-state index contributed by atoms with van der Waals surface area (Å²) in [5.74, 6) is -1.14. The second-order valence-corrected chi connectivity index (χ2v) is 5.75. The first-order valence-corrected chi connectivity index (χ1v) is 6.68. The van der Waals surface area contributed by atoms with E-state index in [-0.39, 0.29) is 5.91 Å². The van der Waals surface area contributed by atoms with Gasteiger partial charge in [0.1, 0.15) is 6.04 Å². The SMILES string of the molecule is CC(NC(=O)C(C)(C)C)C(=O)NNC(=O)c1ccccc1. The van der Waals surface area contributed by atoms with Crippen molar-refractivity contribution in [2.45, 2.75) is 33.7 Å². The van der Waals surface area contributed by atoms with Crippen LogP contribution in [0.15, 0.2) is 30.3 Å². The molecule has 1 atom stereocenters. The molecule has 21 heavy (non-hydrogen) atoms. The van der Waals surface area contributed by atoms with Crippen molar-refractivity contribution in [1.82, 2.24) is 16.2 Å². The standard InChI is InChI=1S/C15H21N3O3/c1-10(16-14(21)15(2,3)4)12(19)17-18-13(20)11-8-6-5-7-9-11/h5-10H,1-4H3,(H,16,21)(H,17,19)(H,18,20). The van der Waals surface area contributed by atoms with Gasteiger partial charge in [0.2, 0.25) is 5.91 Å². The van der Waals surface area contributed by atoms with Gasteiger partial charge in [-0.25, -0.2) is 0 Å². The molecule has 114 valence electrons. The Morgan fingerprint density at radius 2 is 1.57 bits per heavy atom. The summed E-state index contributed by atoms with van der Waals surface area (Å²) in [6.07, 6.45) is 0. The summed E-state index contributed by atoms with van der Waals surface area (Å²) in [7, 11) is 0. The van der Waals surface area contributed by atoms with E-state index in [1.54, 1.807) is 58.0 Å². The number of rotatable bonds is 3. The molecule has 1 aromatic carbocycles. The molecule has 3 amide bonds. The minimum atomic E-state index is -0.743. The molecule has 0 saturated carbocycles. The first-order chi connectivity index (χ1) is 9.71. The fourth-order valence-corrected chi connectivity index (χ4v) is 1.37. The monoisotopic (exact) mass is 291 g/mol. The van der Waals surface area contributed by atoms with Crippen molar-refractivity contribution >= 4 is 17.7 Å². The lowest BCUT2D eigenvalue weighted by atomic mass is 9.95. The fraction of sp³-hybridized carbons (Fsp3) is 0.400. The smallest absolute Gasteiger partial charge is 0.269 e. The van der Waals surface area contributed by atoms with Crippen LogP contribution in [0.25, 0.3) is 0 Å². The van der Waals surface area contributed by atoms with Crippen LogP contribution in [-0.4, -0.2) is 23.8 Å². The van der Waals surface area contributed by atoms with E-state index in [1.807, 2.05) is 0 Å². The molecule has 0 saturated heterocycles. The highest BCUT2D eigenvalue weighted by Gasteiger charge is 2.25. The van der Waals surface area contributed by atoms with Gasteiger partial charge in [-0.2, -0.15) is 0 Å². The maximum Gasteiger partial charge on any atom is 0.269 e. The van der Waals surface area contributed by atoms with Crippen LogP contribution in [0.2, 0.25) is 0 Å². The molecule has 0 spiro atoms. The van der Waals surface area contributed by atoms with E-state index in [9.17, 15) is 14.4 Å². The Balaban J connectivity index is 2.47. The average molecular weight is 291 g/mol. The highest BCUT2D eigenvalue weighted by atomic mass is 16.2. The minimum Gasteiger partial charge on any atom is -0.344 e. The Morgan fingerprint density at radius 1 is 1.00 bits per heavy atom. The van der Waals surface area contributed by atoms with E-state index >= 15 is 0 Å². The predicted molar refractivity (Wildman–Crippen MR) is 79.1 cm³/mol. The van der Waals surface area contributed by atoms with Crippen molar-refractivity contribution in [2.24, 2.45) is 5.41 Å². The van der Waals surface area contributed by atoms with Crippen molar-refractivity contribution < 1.29 is 14.4 Å². The number of carbonyl (C=O) groups excluding carboxylic acids is 3. The van der Waals surface area contributed by atoms with Crippen LogP contribution < -0.4 is 16.2 Å². The van der Waals surface area contributed by atoms with Gasteiger partial charge in [0.25, 0.3) is 11.8 Å². The highest BCUT2D eigenvalue weighted by Crippen LogP contribution is 2.12. The van der Waals surface area contributed by atoms with E-state index in [4.69, 9.17) is 0 Å². The highest BCUT2D eigenvalue weighted by molar-refractivity contribution is 5.96. The first kappa shape index (κ1) is 16.7.